The van der Waals surface area contributed by atoms with Crippen molar-refractivity contribution in [2.24, 2.45) is 5.73 Å². The smallest absolute Gasteiger partial charge is 0.329 e. The summed E-state index contributed by atoms with van der Waals surface area (Å²) in [6, 6.07) is 2.87. The Bertz CT molecular complexity index is 606. The molecule has 0 spiro atoms. The Morgan fingerprint density at radius 3 is 2.24 bits per heavy atom. The van der Waals surface area contributed by atoms with E-state index >= 15 is 0 Å². The Morgan fingerprint density at radius 2 is 1.81 bits per heavy atom. The van der Waals surface area contributed by atoms with E-state index in [1.165, 1.54) is 19.9 Å². The predicted molar refractivity (Wildman–Crippen MR) is 79.8 cm³/mol. The third-order valence-corrected chi connectivity index (χ3v) is 4.71. The molecule has 0 aliphatic heterocycles. The second-order valence-electron chi connectivity index (χ2n) is 4.83. The van der Waals surface area contributed by atoms with Gasteiger partial charge in [0.25, 0.3) is 0 Å². The molecule has 0 atom stereocenters. The summed E-state index contributed by atoms with van der Waals surface area (Å²) < 4.78 is 65.3. The Labute approximate surface area is 135 Å². The fourth-order valence-corrected chi connectivity index (χ4v) is 3.41. The van der Waals surface area contributed by atoms with Crippen molar-refractivity contribution >= 4 is 38.4 Å². The summed E-state index contributed by atoms with van der Waals surface area (Å²) in [6.45, 7) is 2.91. The number of nitrogens with one attached hydrogen (secondary N) is 1. The summed E-state index contributed by atoms with van der Waals surface area (Å²) in [6.07, 6.45) is -4.78. The van der Waals surface area contributed by atoms with Gasteiger partial charge in [0.15, 0.2) is 0 Å². The molecule has 1 rings (SSSR count). The van der Waals surface area contributed by atoms with Gasteiger partial charge in [-0.1, -0.05) is 15.9 Å². The molecule has 0 aromatic heterocycles. The van der Waals surface area contributed by atoms with Crippen LogP contribution in [0.4, 0.5) is 13.2 Å². The van der Waals surface area contributed by atoms with E-state index in [9.17, 15) is 21.6 Å². The molecule has 21 heavy (non-hydrogen) atoms. The number of nitrogens with two attached hydrogens (primary N) is 1. The van der Waals surface area contributed by atoms with Crippen molar-refractivity contribution in [1.29, 1.82) is 0 Å². The quantitative estimate of drug-likeness (QED) is 0.800. The van der Waals surface area contributed by atoms with Crippen LogP contribution in [0.1, 0.15) is 19.4 Å². The van der Waals surface area contributed by atoms with Gasteiger partial charge in [0.2, 0.25) is 10.0 Å². The molecule has 1 aromatic carbocycles. The van der Waals surface area contributed by atoms with Crippen LogP contribution in [0, 0.1) is 0 Å². The predicted octanol–water partition coefficient (Wildman–Crippen LogP) is 2.91. The standard InChI is InChI=1S/C11H14BrF3N2O2S.ClH/c1-10(2,6-16)17-20(18,19)9-4-3-7(12)5-8(9)11(13,14)15;/h3-5,17H,6,16H2,1-2H3;1H. The topological polar surface area (TPSA) is 72.2 Å². The summed E-state index contributed by atoms with van der Waals surface area (Å²) in [5.41, 5.74) is 3.11. The molecular formula is C11H15BrClF3N2O2S. The highest BCUT2D eigenvalue weighted by Gasteiger charge is 2.38. The second-order valence-corrected chi connectivity index (χ2v) is 7.40. The van der Waals surface area contributed by atoms with E-state index in [0.29, 0.717) is 0 Å². The molecule has 1 aromatic rings. The molecule has 122 valence electrons. The molecule has 0 amide bonds. The van der Waals surface area contributed by atoms with E-state index < -0.39 is 32.2 Å². The van der Waals surface area contributed by atoms with Gasteiger partial charge in [-0.05, 0) is 32.0 Å². The fraction of sp³-hybridized carbons (Fsp3) is 0.455. The number of hydrogen-bond donors (Lipinski definition) is 2. The van der Waals surface area contributed by atoms with Gasteiger partial charge >= 0.3 is 6.18 Å². The molecule has 3 N–H and O–H groups in total. The maximum atomic E-state index is 12.9. The van der Waals surface area contributed by atoms with Gasteiger partial charge in [-0.2, -0.15) is 13.2 Å². The van der Waals surface area contributed by atoms with Gasteiger partial charge in [-0.3, -0.25) is 0 Å². The van der Waals surface area contributed by atoms with Crippen LogP contribution in [-0.4, -0.2) is 20.5 Å². The maximum absolute atomic E-state index is 12.9. The molecule has 0 radical (unpaired) electrons. The van der Waals surface area contributed by atoms with Crippen molar-refractivity contribution in [3.05, 3.63) is 28.2 Å². The molecule has 0 aliphatic carbocycles. The van der Waals surface area contributed by atoms with E-state index in [0.717, 1.165) is 12.1 Å². The van der Waals surface area contributed by atoms with Gasteiger partial charge in [-0.15, -0.1) is 12.4 Å². The van der Waals surface area contributed by atoms with E-state index in [-0.39, 0.29) is 23.4 Å². The third kappa shape index (κ3) is 5.41. The first-order valence-corrected chi connectivity index (χ1v) is 7.77. The SMILES string of the molecule is CC(C)(CN)NS(=O)(=O)c1ccc(Br)cc1C(F)(F)F.Cl. The first-order chi connectivity index (χ1) is 8.89. The average molecular weight is 412 g/mol. The van der Waals surface area contributed by atoms with Crippen LogP contribution in [0.3, 0.4) is 0 Å². The van der Waals surface area contributed by atoms with Crippen molar-refractivity contribution in [3.63, 3.8) is 0 Å². The summed E-state index contributed by atoms with van der Waals surface area (Å²) in [4.78, 5) is -0.824. The van der Waals surface area contributed by atoms with Crippen molar-refractivity contribution in [1.82, 2.24) is 4.72 Å². The molecule has 0 fully saturated rings. The van der Waals surface area contributed by atoms with Crippen LogP contribution < -0.4 is 10.5 Å². The molecule has 0 saturated heterocycles. The Kier molecular flexibility index (Phi) is 6.71. The lowest BCUT2D eigenvalue weighted by Gasteiger charge is -2.25. The number of benzene rings is 1. The summed E-state index contributed by atoms with van der Waals surface area (Å²) in [7, 11) is -4.33. The van der Waals surface area contributed by atoms with Crippen LogP contribution in [0.15, 0.2) is 27.6 Å². The molecule has 0 saturated carbocycles. The number of hydrogen-bond acceptors (Lipinski definition) is 3. The average Bonchev–Trinajstić information content (AvgIpc) is 2.26. The molecule has 10 heteroatoms. The first kappa shape index (κ1) is 20.6. The van der Waals surface area contributed by atoms with Crippen molar-refractivity contribution in [3.8, 4) is 0 Å². The van der Waals surface area contributed by atoms with Gasteiger partial charge in [0.1, 0.15) is 0 Å². The molecule has 0 bridgehead atoms. The highest BCUT2D eigenvalue weighted by molar-refractivity contribution is 9.10. The van der Waals surface area contributed by atoms with Crippen molar-refractivity contribution in [2.45, 2.75) is 30.5 Å². The lowest BCUT2D eigenvalue weighted by molar-refractivity contribution is -0.139. The monoisotopic (exact) mass is 410 g/mol. The van der Waals surface area contributed by atoms with Crippen LogP contribution in [-0.2, 0) is 16.2 Å². The van der Waals surface area contributed by atoms with E-state index in [2.05, 4.69) is 20.7 Å². The van der Waals surface area contributed by atoms with Gasteiger partial charge < -0.3 is 5.73 Å². The van der Waals surface area contributed by atoms with Crippen molar-refractivity contribution < 1.29 is 21.6 Å². The molecule has 0 aliphatic rings. The summed E-state index contributed by atoms with van der Waals surface area (Å²) >= 11 is 2.90. The first-order valence-electron chi connectivity index (χ1n) is 5.50. The van der Waals surface area contributed by atoms with Crippen molar-refractivity contribution in [2.75, 3.05) is 6.54 Å². The van der Waals surface area contributed by atoms with Gasteiger partial charge in [-0.25, -0.2) is 13.1 Å². The minimum Gasteiger partial charge on any atom is -0.329 e. The van der Waals surface area contributed by atoms with Crippen LogP contribution >= 0.6 is 28.3 Å². The van der Waals surface area contributed by atoms with Gasteiger partial charge in [0, 0.05) is 16.6 Å². The minimum atomic E-state index is -4.78. The zero-order valence-electron chi connectivity index (χ0n) is 11.2. The lowest BCUT2D eigenvalue weighted by Crippen LogP contribution is -2.49. The van der Waals surface area contributed by atoms with Gasteiger partial charge in [0.05, 0.1) is 10.5 Å². The van der Waals surface area contributed by atoms with E-state index in [4.69, 9.17) is 5.73 Å². The number of alkyl halides is 3. The highest BCUT2D eigenvalue weighted by atomic mass is 79.9. The van der Waals surface area contributed by atoms with Crippen LogP contribution in [0.25, 0.3) is 0 Å². The number of sulfonamides is 1. The minimum absolute atomic E-state index is 0. The molecule has 0 heterocycles. The zero-order valence-corrected chi connectivity index (χ0v) is 14.4. The van der Waals surface area contributed by atoms with E-state index in [1.807, 2.05) is 0 Å². The largest absolute Gasteiger partial charge is 0.417 e. The fourth-order valence-electron chi connectivity index (χ4n) is 1.42. The summed E-state index contributed by atoms with van der Waals surface area (Å²) in [5, 5.41) is 0. The molecule has 0 unspecified atom stereocenters. The normalized spacial score (nSPS) is 12.9. The zero-order chi connectivity index (χ0) is 15.8. The Hall–Kier alpha value is -0.350. The summed E-state index contributed by atoms with van der Waals surface area (Å²) in [5.74, 6) is 0. The van der Waals surface area contributed by atoms with Crippen LogP contribution in [0.2, 0.25) is 0 Å². The second kappa shape index (κ2) is 6.82. The van der Waals surface area contributed by atoms with E-state index in [1.54, 1.807) is 0 Å². The Balaban J connectivity index is 0.00000400. The molecular weight excluding hydrogens is 397 g/mol. The highest BCUT2D eigenvalue weighted by Crippen LogP contribution is 2.36. The maximum Gasteiger partial charge on any atom is 0.417 e. The lowest BCUT2D eigenvalue weighted by atomic mass is 10.1. The Morgan fingerprint density at radius 1 is 1.29 bits per heavy atom. The number of rotatable bonds is 4. The third-order valence-electron chi connectivity index (χ3n) is 2.46. The number of halogens is 5. The molecule has 4 nitrogen and oxygen atoms in total. The van der Waals surface area contributed by atoms with Crippen LogP contribution in [0.5, 0.6) is 0 Å².